The fourth-order valence-corrected chi connectivity index (χ4v) is 2.77. The maximum atomic E-state index is 12.4. The molecule has 28 heavy (non-hydrogen) atoms. The third-order valence-corrected chi connectivity index (χ3v) is 4.27. The number of phenols is 1. The van der Waals surface area contributed by atoms with Gasteiger partial charge < -0.3 is 19.3 Å². The molecule has 0 amide bonds. The number of carbonyl (C=O) groups is 1. The van der Waals surface area contributed by atoms with Gasteiger partial charge in [-0.3, -0.25) is 0 Å². The zero-order valence-corrected chi connectivity index (χ0v) is 15.8. The summed E-state index contributed by atoms with van der Waals surface area (Å²) in [6.07, 6.45) is 0. The number of hydrogen-bond acceptors (Lipinski definition) is 5. The predicted octanol–water partition coefficient (Wildman–Crippen LogP) is 4.65. The first kappa shape index (κ1) is 19.3. The minimum absolute atomic E-state index is 0.105. The van der Waals surface area contributed by atoms with E-state index >= 15 is 0 Å². The normalized spacial score (nSPS) is 10.4. The Balaban J connectivity index is 1.64. The van der Waals surface area contributed by atoms with Gasteiger partial charge in [-0.2, -0.15) is 0 Å². The molecular formula is C23H22O5. The molecule has 0 saturated heterocycles. The highest BCUT2D eigenvalue weighted by Crippen LogP contribution is 2.29. The van der Waals surface area contributed by atoms with Crippen molar-refractivity contribution in [1.82, 2.24) is 0 Å². The highest BCUT2D eigenvalue weighted by Gasteiger charge is 2.18. The molecule has 0 atom stereocenters. The summed E-state index contributed by atoms with van der Waals surface area (Å²) in [5.41, 5.74) is 2.57. The lowest BCUT2D eigenvalue weighted by Crippen LogP contribution is -2.08. The van der Waals surface area contributed by atoms with Crippen LogP contribution in [0.1, 0.15) is 27.0 Å². The Kier molecular flexibility index (Phi) is 6.17. The van der Waals surface area contributed by atoms with E-state index in [1.807, 2.05) is 42.5 Å². The average molecular weight is 378 g/mol. The molecule has 0 aliphatic carbocycles. The van der Waals surface area contributed by atoms with E-state index < -0.39 is 5.97 Å². The second-order valence-electron chi connectivity index (χ2n) is 6.33. The van der Waals surface area contributed by atoms with Crippen LogP contribution in [0.15, 0.2) is 66.7 Å². The Labute approximate surface area is 164 Å². The topological polar surface area (TPSA) is 65.0 Å². The van der Waals surface area contributed by atoms with E-state index in [-0.39, 0.29) is 17.9 Å². The Morgan fingerprint density at radius 1 is 0.893 bits per heavy atom. The van der Waals surface area contributed by atoms with E-state index in [1.54, 1.807) is 32.2 Å². The fourth-order valence-electron chi connectivity index (χ4n) is 2.77. The second-order valence-corrected chi connectivity index (χ2v) is 6.33. The molecule has 0 heterocycles. The molecule has 0 saturated carbocycles. The van der Waals surface area contributed by atoms with Crippen LogP contribution in [-0.2, 0) is 18.0 Å². The van der Waals surface area contributed by atoms with Crippen molar-refractivity contribution >= 4 is 5.97 Å². The monoisotopic (exact) mass is 378 g/mol. The highest BCUT2D eigenvalue weighted by atomic mass is 16.5. The average Bonchev–Trinajstić information content (AvgIpc) is 2.71. The van der Waals surface area contributed by atoms with Gasteiger partial charge in [0.15, 0.2) is 0 Å². The van der Waals surface area contributed by atoms with Crippen LogP contribution in [0.25, 0.3) is 0 Å². The molecule has 0 unspecified atom stereocenters. The van der Waals surface area contributed by atoms with Gasteiger partial charge in [0.05, 0.1) is 7.11 Å². The molecule has 3 rings (SSSR count). The molecule has 0 spiro atoms. The molecule has 5 heteroatoms. The summed E-state index contributed by atoms with van der Waals surface area (Å²) in [7, 11) is 1.59. The van der Waals surface area contributed by atoms with Crippen LogP contribution < -0.4 is 9.47 Å². The van der Waals surface area contributed by atoms with Gasteiger partial charge >= 0.3 is 5.97 Å². The van der Waals surface area contributed by atoms with Crippen LogP contribution in [0.3, 0.4) is 0 Å². The first-order valence-electron chi connectivity index (χ1n) is 8.87. The molecule has 144 valence electrons. The number of esters is 1. The molecule has 0 bridgehead atoms. The Morgan fingerprint density at radius 2 is 1.57 bits per heavy atom. The molecule has 3 aromatic rings. The molecule has 0 aromatic heterocycles. The van der Waals surface area contributed by atoms with Crippen molar-refractivity contribution < 1.29 is 24.1 Å². The van der Waals surface area contributed by atoms with Crippen LogP contribution in [-0.4, -0.2) is 18.2 Å². The first-order chi connectivity index (χ1) is 13.6. The van der Waals surface area contributed by atoms with Crippen molar-refractivity contribution in [3.05, 3.63) is 89.0 Å². The molecule has 0 fully saturated rings. The van der Waals surface area contributed by atoms with E-state index in [0.29, 0.717) is 17.9 Å². The zero-order chi connectivity index (χ0) is 19.9. The second kappa shape index (κ2) is 8.95. The number of hydrogen-bond donors (Lipinski definition) is 1. The van der Waals surface area contributed by atoms with Gasteiger partial charge in [-0.1, -0.05) is 42.5 Å². The van der Waals surface area contributed by atoms with Gasteiger partial charge in [-0.25, -0.2) is 4.79 Å². The number of aryl methyl sites for hydroxylation is 1. The van der Waals surface area contributed by atoms with E-state index in [9.17, 15) is 9.90 Å². The summed E-state index contributed by atoms with van der Waals surface area (Å²) >= 11 is 0. The number of rotatable bonds is 7. The Hall–Kier alpha value is -3.47. The van der Waals surface area contributed by atoms with Gasteiger partial charge in [0.2, 0.25) is 0 Å². The van der Waals surface area contributed by atoms with Gasteiger partial charge in [0, 0.05) is 6.07 Å². The molecule has 0 aliphatic heterocycles. The zero-order valence-electron chi connectivity index (χ0n) is 15.8. The highest BCUT2D eigenvalue weighted by molar-refractivity contribution is 5.94. The lowest BCUT2D eigenvalue weighted by molar-refractivity contribution is 0.0468. The van der Waals surface area contributed by atoms with Crippen molar-refractivity contribution in [1.29, 1.82) is 0 Å². The van der Waals surface area contributed by atoms with Crippen LogP contribution in [0, 0.1) is 6.92 Å². The van der Waals surface area contributed by atoms with E-state index in [2.05, 4.69) is 0 Å². The number of aromatic hydroxyl groups is 1. The smallest absolute Gasteiger partial charge is 0.342 e. The SMILES string of the molecule is COc1ccc(COC(=O)c2c(C)cc(OCc3ccccc3)cc2O)cc1. The van der Waals surface area contributed by atoms with Crippen molar-refractivity contribution in [2.75, 3.05) is 7.11 Å². The minimum Gasteiger partial charge on any atom is -0.507 e. The van der Waals surface area contributed by atoms with Gasteiger partial charge in [0.1, 0.15) is 36.0 Å². The van der Waals surface area contributed by atoms with Gasteiger partial charge in [-0.15, -0.1) is 0 Å². The third kappa shape index (κ3) is 4.82. The summed E-state index contributed by atoms with van der Waals surface area (Å²) < 4.78 is 16.2. The number of ether oxygens (including phenoxy) is 3. The van der Waals surface area contributed by atoms with Crippen LogP contribution >= 0.6 is 0 Å². The quantitative estimate of drug-likeness (QED) is 0.607. The molecule has 0 radical (unpaired) electrons. The summed E-state index contributed by atoms with van der Waals surface area (Å²) in [6, 6.07) is 20.1. The first-order valence-corrected chi connectivity index (χ1v) is 8.87. The number of phenolic OH excluding ortho intramolecular Hbond substituents is 1. The standard InChI is InChI=1S/C23H22O5/c1-16-12-20(27-14-17-6-4-3-5-7-17)13-21(24)22(16)23(25)28-15-18-8-10-19(26-2)11-9-18/h3-13,24H,14-15H2,1-2H3. The molecular weight excluding hydrogens is 356 g/mol. The predicted molar refractivity (Wildman–Crippen MR) is 106 cm³/mol. The van der Waals surface area contributed by atoms with Crippen molar-refractivity contribution in [2.45, 2.75) is 20.1 Å². The Bertz CT molecular complexity index is 910. The minimum atomic E-state index is -0.583. The van der Waals surface area contributed by atoms with Crippen LogP contribution in [0.4, 0.5) is 0 Å². The number of benzene rings is 3. The van der Waals surface area contributed by atoms with Crippen LogP contribution in [0.5, 0.6) is 17.2 Å². The maximum absolute atomic E-state index is 12.4. The molecule has 5 nitrogen and oxygen atoms in total. The summed E-state index contributed by atoms with van der Waals surface area (Å²) in [5.74, 6) is 0.475. The summed E-state index contributed by atoms with van der Waals surface area (Å²) in [4.78, 5) is 12.4. The lowest BCUT2D eigenvalue weighted by Gasteiger charge is -2.12. The molecule has 0 aliphatic rings. The number of carbonyl (C=O) groups excluding carboxylic acids is 1. The van der Waals surface area contributed by atoms with Crippen LogP contribution in [0.2, 0.25) is 0 Å². The van der Waals surface area contributed by atoms with E-state index in [0.717, 1.165) is 16.9 Å². The Morgan fingerprint density at radius 3 is 2.21 bits per heavy atom. The van der Waals surface area contributed by atoms with Gasteiger partial charge in [-0.05, 0) is 41.8 Å². The van der Waals surface area contributed by atoms with E-state index in [4.69, 9.17) is 14.2 Å². The number of methoxy groups -OCH3 is 1. The van der Waals surface area contributed by atoms with Crippen molar-refractivity contribution in [2.24, 2.45) is 0 Å². The van der Waals surface area contributed by atoms with Crippen molar-refractivity contribution in [3.63, 3.8) is 0 Å². The fraction of sp³-hybridized carbons (Fsp3) is 0.174. The van der Waals surface area contributed by atoms with Gasteiger partial charge in [0.25, 0.3) is 0 Å². The largest absolute Gasteiger partial charge is 0.507 e. The maximum Gasteiger partial charge on any atom is 0.342 e. The molecule has 3 aromatic carbocycles. The van der Waals surface area contributed by atoms with E-state index in [1.165, 1.54) is 6.07 Å². The summed E-state index contributed by atoms with van der Waals surface area (Å²) in [6.45, 7) is 2.22. The third-order valence-electron chi connectivity index (χ3n) is 4.27. The molecule has 1 N–H and O–H groups in total. The summed E-state index contributed by atoms with van der Waals surface area (Å²) in [5, 5.41) is 10.3. The lowest BCUT2D eigenvalue weighted by atomic mass is 10.1. The van der Waals surface area contributed by atoms with Crippen molar-refractivity contribution in [3.8, 4) is 17.2 Å².